The molecule has 2 aliphatic heterocycles. The summed E-state index contributed by atoms with van der Waals surface area (Å²) in [6.45, 7) is -1.63. The Labute approximate surface area is 241 Å². The minimum absolute atomic E-state index is 0.129. The summed E-state index contributed by atoms with van der Waals surface area (Å²) >= 11 is 0. The van der Waals surface area contributed by atoms with Crippen molar-refractivity contribution < 1.29 is 74.4 Å². The standard InChI is InChI=1S/C27H30O16/c28-7-14-17(33)20(36)22(38)26(40-14)43-25-21(37)18(34)15(8-29)41-27(25)42-24-19(35)16-12(32)5-11(31)6-13(16)39-23(24)9-1-3-10(30)4-2-9/h1-6,14-15,17-18,20-22,25-34,36-38H,7-8H2/t14?,15?,17-,18-,20?,21?,22-,25?,26+,27+/m1/s1. The molecule has 5 unspecified atom stereocenters. The molecule has 2 aromatic carbocycles. The minimum atomic E-state index is -1.93. The Morgan fingerprint density at radius 1 is 0.721 bits per heavy atom. The van der Waals surface area contributed by atoms with Gasteiger partial charge in [-0.3, -0.25) is 4.79 Å². The fourth-order valence-corrected chi connectivity index (χ4v) is 4.92. The largest absolute Gasteiger partial charge is 0.508 e. The molecule has 3 heterocycles. The van der Waals surface area contributed by atoms with E-state index in [9.17, 15) is 55.9 Å². The molecule has 0 radical (unpaired) electrons. The van der Waals surface area contributed by atoms with E-state index in [1.165, 1.54) is 24.3 Å². The summed E-state index contributed by atoms with van der Waals surface area (Å²) in [5.74, 6) is -2.15. The molecule has 0 aliphatic carbocycles. The average molecular weight is 611 g/mol. The van der Waals surface area contributed by atoms with E-state index < -0.39 is 103 Å². The Kier molecular flexibility index (Phi) is 8.77. The van der Waals surface area contributed by atoms with Gasteiger partial charge in [-0.05, 0) is 24.3 Å². The number of fused-ring (bicyclic) bond motifs is 1. The molecule has 0 spiro atoms. The normalized spacial score (nSPS) is 33.0. The predicted molar refractivity (Wildman–Crippen MR) is 140 cm³/mol. The highest BCUT2D eigenvalue weighted by atomic mass is 16.8. The van der Waals surface area contributed by atoms with Crippen molar-refractivity contribution in [3.63, 3.8) is 0 Å². The lowest BCUT2D eigenvalue weighted by molar-refractivity contribution is -0.358. The zero-order valence-electron chi connectivity index (χ0n) is 22.1. The molecule has 2 fully saturated rings. The first-order chi connectivity index (χ1) is 20.4. The van der Waals surface area contributed by atoms with Crippen molar-refractivity contribution in [2.75, 3.05) is 13.2 Å². The molecular formula is C27H30O16. The van der Waals surface area contributed by atoms with Crippen LogP contribution in [0.5, 0.6) is 23.0 Å². The van der Waals surface area contributed by atoms with E-state index in [0.29, 0.717) is 0 Å². The first kappa shape index (κ1) is 30.9. The molecule has 16 nitrogen and oxygen atoms in total. The second-order valence-electron chi connectivity index (χ2n) is 10.1. The molecule has 3 aromatic rings. The van der Waals surface area contributed by atoms with Gasteiger partial charge in [0.25, 0.3) is 0 Å². The minimum Gasteiger partial charge on any atom is -0.508 e. The number of hydrogen-bond donors (Lipinski definition) is 10. The molecule has 16 heteroatoms. The SMILES string of the molecule is O=c1c(O[C@@H]2OC(CO)[C@@H](O)C(O)C2O[C@@H]2OC(CO)[C@@H](O)C(O)[C@H]2O)c(-c2ccc(O)cc2)oc2cc(O)cc(O)c12. The smallest absolute Gasteiger partial charge is 0.239 e. The Morgan fingerprint density at radius 2 is 1.33 bits per heavy atom. The molecule has 43 heavy (non-hydrogen) atoms. The first-order valence-electron chi connectivity index (χ1n) is 13.0. The first-order valence-corrected chi connectivity index (χ1v) is 13.0. The van der Waals surface area contributed by atoms with Crippen LogP contribution < -0.4 is 10.2 Å². The van der Waals surface area contributed by atoms with Crippen LogP contribution in [0.1, 0.15) is 0 Å². The van der Waals surface area contributed by atoms with Gasteiger partial charge in [0, 0.05) is 17.7 Å². The molecule has 1 aromatic heterocycles. The molecule has 10 N–H and O–H groups in total. The molecule has 0 amide bonds. The lowest BCUT2D eigenvalue weighted by atomic mass is 9.97. The third kappa shape index (κ3) is 5.73. The van der Waals surface area contributed by atoms with Gasteiger partial charge >= 0.3 is 0 Å². The highest BCUT2D eigenvalue weighted by Crippen LogP contribution is 2.38. The second-order valence-corrected chi connectivity index (χ2v) is 10.1. The van der Waals surface area contributed by atoms with Crippen molar-refractivity contribution >= 4 is 11.0 Å². The van der Waals surface area contributed by atoms with E-state index in [0.717, 1.165) is 12.1 Å². The number of aliphatic hydroxyl groups is 7. The van der Waals surface area contributed by atoms with Crippen LogP contribution in [-0.2, 0) is 14.2 Å². The van der Waals surface area contributed by atoms with Crippen LogP contribution in [0, 0.1) is 0 Å². The van der Waals surface area contributed by atoms with Crippen LogP contribution in [0.2, 0.25) is 0 Å². The van der Waals surface area contributed by atoms with Gasteiger partial charge in [0.2, 0.25) is 17.5 Å². The van der Waals surface area contributed by atoms with E-state index in [-0.39, 0.29) is 22.7 Å². The average Bonchev–Trinajstić information content (AvgIpc) is 2.97. The monoisotopic (exact) mass is 610 g/mol. The number of aromatic hydroxyl groups is 3. The van der Waals surface area contributed by atoms with Gasteiger partial charge in [0.1, 0.15) is 70.9 Å². The van der Waals surface area contributed by atoms with E-state index in [2.05, 4.69) is 0 Å². The highest BCUT2D eigenvalue weighted by Gasteiger charge is 2.51. The van der Waals surface area contributed by atoms with Gasteiger partial charge in [-0.15, -0.1) is 0 Å². The van der Waals surface area contributed by atoms with Gasteiger partial charge < -0.3 is 74.4 Å². The molecule has 10 atom stereocenters. The van der Waals surface area contributed by atoms with Crippen LogP contribution in [-0.4, -0.2) is 126 Å². The number of phenolic OH excluding ortho intramolecular Hbond substituents is 3. The second kappa shape index (κ2) is 12.2. The Bertz CT molecular complexity index is 1490. The number of ether oxygens (including phenoxy) is 4. The Balaban J connectivity index is 1.60. The number of phenols is 3. The summed E-state index contributed by atoms with van der Waals surface area (Å²) in [5, 5.41) is 101. The van der Waals surface area contributed by atoms with Crippen molar-refractivity contribution in [3.05, 3.63) is 46.6 Å². The van der Waals surface area contributed by atoms with Gasteiger partial charge in [0.05, 0.1) is 13.2 Å². The van der Waals surface area contributed by atoms with Gasteiger partial charge in [-0.1, -0.05) is 0 Å². The maximum Gasteiger partial charge on any atom is 0.239 e. The van der Waals surface area contributed by atoms with E-state index in [4.69, 9.17) is 23.4 Å². The Morgan fingerprint density at radius 3 is 1.95 bits per heavy atom. The summed E-state index contributed by atoms with van der Waals surface area (Å²) in [6.07, 6.45) is -17.7. The van der Waals surface area contributed by atoms with Crippen molar-refractivity contribution in [3.8, 4) is 34.3 Å². The summed E-state index contributed by atoms with van der Waals surface area (Å²) in [4.78, 5) is 13.7. The fraction of sp³-hybridized carbons (Fsp3) is 0.444. The zero-order valence-corrected chi connectivity index (χ0v) is 22.1. The molecule has 2 saturated heterocycles. The molecule has 0 bridgehead atoms. The quantitative estimate of drug-likeness (QED) is 0.133. The van der Waals surface area contributed by atoms with Crippen LogP contribution in [0.15, 0.2) is 45.6 Å². The van der Waals surface area contributed by atoms with E-state index >= 15 is 0 Å². The molecule has 0 saturated carbocycles. The summed E-state index contributed by atoms with van der Waals surface area (Å²) in [7, 11) is 0. The molecule has 5 rings (SSSR count). The number of benzene rings is 2. The lowest BCUT2D eigenvalue weighted by Crippen LogP contribution is -2.65. The highest BCUT2D eigenvalue weighted by molar-refractivity contribution is 5.88. The van der Waals surface area contributed by atoms with E-state index in [1.54, 1.807) is 0 Å². The van der Waals surface area contributed by atoms with Crippen molar-refractivity contribution in [1.29, 1.82) is 0 Å². The topological polar surface area (TPSA) is 269 Å². The lowest BCUT2D eigenvalue weighted by Gasteiger charge is -2.45. The summed E-state index contributed by atoms with van der Waals surface area (Å²) in [6, 6.07) is 7.20. The van der Waals surface area contributed by atoms with Crippen molar-refractivity contribution in [2.45, 2.75) is 61.4 Å². The summed E-state index contributed by atoms with van der Waals surface area (Å²) in [5.41, 5.74) is -1.07. The van der Waals surface area contributed by atoms with Crippen LogP contribution in [0.4, 0.5) is 0 Å². The van der Waals surface area contributed by atoms with Gasteiger partial charge in [-0.2, -0.15) is 0 Å². The Hall–Kier alpha value is -3.55. The molecule has 2 aliphatic rings. The number of rotatable bonds is 7. The fourth-order valence-electron chi connectivity index (χ4n) is 4.92. The maximum atomic E-state index is 13.7. The van der Waals surface area contributed by atoms with Crippen LogP contribution >= 0.6 is 0 Å². The summed E-state index contributed by atoms with van der Waals surface area (Å²) < 4.78 is 28.3. The van der Waals surface area contributed by atoms with Gasteiger partial charge in [0.15, 0.2) is 18.2 Å². The van der Waals surface area contributed by atoms with Crippen LogP contribution in [0.25, 0.3) is 22.3 Å². The van der Waals surface area contributed by atoms with E-state index in [1.807, 2.05) is 0 Å². The van der Waals surface area contributed by atoms with Crippen molar-refractivity contribution in [1.82, 2.24) is 0 Å². The van der Waals surface area contributed by atoms with Gasteiger partial charge in [-0.25, -0.2) is 0 Å². The predicted octanol–water partition coefficient (Wildman–Crippen LogP) is -2.42. The molecule has 234 valence electrons. The third-order valence-corrected chi connectivity index (χ3v) is 7.25. The maximum absolute atomic E-state index is 13.7. The number of aliphatic hydroxyl groups excluding tert-OH is 7. The number of hydrogen-bond acceptors (Lipinski definition) is 16. The zero-order chi connectivity index (χ0) is 31.2. The van der Waals surface area contributed by atoms with Crippen LogP contribution in [0.3, 0.4) is 0 Å². The third-order valence-electron chi connectivity index (χ3n) is 7.25. The molecular weight excluding hydrogens is 580 g/mol. The van der Waals surface area contributed by atoms with Crippen molar-refractivity contribution in [2.24, 2.45) is 0 Å².